The summed E-state index contributed by atoms with van der Waals surface area (Å²) in [5.74, 6) is -0.746. The van der Waals surface area contributed by atoms with E-state index in [9.17, 15) is 8.78 Å². The van der Waals surface area contributed by atoms with Crippen LogP contribution in [-0.2, 0) is 19.3 Å². The maximum atomic E-state index is 14.3. The van der Waals surface area contributed by atoms with Crippen LogP contribution >= 0.6 is 0 Å². The summed E-state index contributed by atoms with van der Waals surface area (Å²) in [5, 5.41) is 4.84. The minimum absolute atomic E-state index is 0.351. The number of benzene rings is 4. The molecule has 0 saturated heterocycles. The molecule has 0 spiro atoms. The van der Waals surface area contributed by atoms with E-state index in [2.05, 4.69) is 30.3 Å². The van der Waals surface area contributed by atoms with Gasteiger partial charge in [-0.2, -0.15) is 0 Å². The molecule has 0 heterocycles. The minimum atomic E-state index is -0.395. The smallest absolute Gasteiger partial charge is 0.126 e. The average molecular weight is 358 g/mol. The molecule has 0 atom stereocenters. The molecule has 134 valence electrons. The van der Waals surface area contributed by atoms with Gasteiger partial charge in [-0.3, -0.25) is 0 Å². The molecule has 0 amide bonds. The normalized spacial score (nSPS) is 13.9. The zero-order chi connectivity index (χ0) is 18.4. The van der Waals surface area contributed by atoms with Crippen molar-refractivity contribution in [3.63, 3.8) is 0 Å². The number of hydrogen-bond donors (Lipinski definition) is 0. The Kier molecular flexibility index (Phi) is 3.93. The molecule has 2 heteroatoms. The van der Waals surface area contributed by atoms with Crippen LogP contribution < -0.4 is 0 Å². The highest BCUT2D eigenvalue weighted by Crippen LogP contribution is 2.36. The van der Waals surface area contributed by atoms with Gasteiger partial charge >= 0.3 is 0 Å². The summed E-state index contributed by atoms with van der Waals surface area (Å²) in [6, 6.07) is 18.7. The fourth-order valence-electron chi connectivity index (χ4n) is 4.54. The molecule has 0 nitrogen and oxygen atoms in total. The molecular formula is C25H20F2. The molecule has 27 heavy (non-hydrogen) atoms. The van der Waals surface area contributed by atoms with E-state index in [4.69, 9.17) is 0 Å². The second-order valence-corrected chi connectivity index (χ2v) is 7.50. The van der Waals surface area contributed by atoms with Gasteiger partial charge in [0.25, 0.3) is 0 Å². The molecular weight excluding hydrogens is 338 g/mol. The average Bonchev–Trinajstić information content (AvgIpc) is 2.70. The fourth-order valence-corrected chi connectivity index (χ4v) is 4.54. The Balaban J connectivity index is 1.78. The van der Waals surface area contributed by atoms with E-state index in [1.807, 2.05) is 12.1 Å². The van der Waals surface area contributed by atoms with Crippen LogP contribution in [0.1, 0.15) is 35.1 Å². The van der Waals surface area contributed by atoms with Gasteiger partial charge in [0.05, 0.1) is 0 Å². The van der Waals surface area contributed by atoms with Gasteiger partial charge in [-0.05, 0) is 93.7 Å². The van der Waals surface area contributed by atoms with Crippen LogP contribution in [0.5, 0.6) is 0 Å². The topological polar surface area (TPSA) is 0 Å². The SMILES string of the molecule is Fc1ccc(F)c(Cc2cc3c4c(ccc3c3ccccc23)CCCC4)c1. The van der Waals surface area contributed by atoms with Crippen LogP contribution in [0.2, 0.25) is 0 Å². The van der Waals surface area contributed by atoms with Crippen LogP contribution in [0.3, 0.4) is 0 Å². The van der Waals surface area contributed by atoms with Crippen LogP contribution in [0, 0.1) is 11.6 Å². The van der Waals surface area contributed by atoms with E-state index in [0.717, 1.165) is 23.8 Å². The highest BCUT2D eigenvalue weighted by Gasteiger charge is 2.16. The van der Waals surface area contributed by atoms with Crippen molar-refractivity contribution < 1.29 is 8.78 Å². The number of rotatable bonds is 2. The second-order valence-electron chi connectivity index (χ2n) is 7.50. The number of halogens is 2. The molecule has 4 aromatic carbocycles. The summed E-state index contributed by atoms with van der Waals surface area (Å²) >= 11 is 0. The van der Waals surface area contributed by atoms with Gasteiger partial charge in [0.2, 0.25) is 0 Å². The van der Waals surface area contributed by atoms with Crippen molar-refractivity contribution in [2.24, 2.45) is 0 Å². The van der Waals surface area contributed by atoms with Crippen molar-refractivity contribution in [1.82, 2.24) is 0 Å². The Morgan fingerprint density at radius 3 is 2.33 bits per heavy atom. The van der Waals surface area contributed by atoms with Gasteiger partial charge in [-0.25, -0.2) is 8.78 Å². The summed E-state index contributed by atoms with van der Waals surface area (Å²) in [6.07, 6.45) is 5.08. The van der Waals surface area contributed by atoms with Crippen molar-refractivity contribution in [3.8, 4) is 0 Å². The van der Waals surface area contributed by atoms with Gasteiger partial charge in [-0.1, -0.05) is 36.4 Å². The third-order valence-corrected chi connectivity index (χ3v) is 5.85. The van der Waals surface area contributed by atoms with E-state index in [-0.39, 0.29) is 5.82 Å². The first kappa shape index (κ1) is 16.4. The molecule has 0 bridgehead atoms. The van der Waals surface area contributed by atoms with Crippen LogP contribution in [0.15, 0.2) is 60.7 Å². The summed E-state index contributed by atoms with van der Waals surface area (Å²) < 4.78 is 28.0. The Hall–Kier alpha value is -2.74. The number of hydrogen-bond acceptors (Lipinski definition) is 0. The lowest BCUT2D eigenvalue weighted by Crippen LogP contribution is -2.04. The van der Waals surface area contributed by atoms with Gasteiger partial charge in [0.1, 0.15) is 11.6 Å². The second kappa shape index (κ2) is 6.45. The predicted molar refractivity (Wildman–Crippen MR) is 107 cm³/mol. The Labute approximate surface area is 157 Å². The lowest BCUT2D eigenvalue weighted by atomic mass is 9.84. The van der Waals surface area contributed by atoms with Crippen LogP contribution in [0.4, 0.5) is 8.78 Å². The molecule has 0 aromatic heterocycles. The molecule has 0 N–H and O–H groups in total. The van der Waals surface area contributed by atoms with Crippen molar-refractivity contribution in [3.05, 3.63) is 94.6 Å². The molecule has 0 aliphatic heterocycles. The zero-order valence-corrected chi connectivity index (χ0v) is 15.1. The Bertz CT molecular complexity index is 1170. The van der Waals surface area contributed by atoms with Gasteiger partial charge < -0.3 is 0 Å². The largest absolute Gasteiger partial charge is 0.207 e. The maximum Gasteiger partial charge on any atom is 0.126 e. The fraction of sp³-hybridized carbons (Fsp3) is 0.200. The van der Waals surface area contributed by atoms with Crippen molar-refractivity contribution in [2.75, 3.05) is 0 Å². The minimum Gasteiger partial charge on any atom is -0.207 e. The van der Waals surface area contributed by atoms with E-state index < -0.39 is 5.82 Å². The monoisotopic (exact) mass is 358 g/mol. The van der Waals surface area contributed by atoms with Crippen molar-refractivity contribution in [2.45, 2.75) is 32.1 Å². The first-order chi connectivity index (χ1) is 13.2. The van der Waals surface area contributed by atoms with E-state index >= 15 is 0 Å². The maximum absolute atomic E-state index is 14.3. The Morgan fingerprint density at radius 1 is 0.667 bits per heavy atom. The summed E-state index contributed by atoms with van der Waals surface area (Å²) in [4.78, 5) is 0. The molecule has 5 rings (SSSR count). The summed E-state index contributed by atoms with van der Waals surface area (Å²) in [5.41, 5.74) is 4.34. The molecule has 1 aliphatic rings. The third-order valence-electron chi connectivity index (χ3n) is 5.85. The molecule has 1 aliphatic carbocycles. The zero-order valence-electron chi connectivity index (χ0n) is 15.1. The van der Waals surface area contributed by atoms with Gasteiger partial charge in [0, 0.05) is 6.42 Å². The van der Waals surface area contributed by atoms with Gasteiger partial charge in [0.15, 0.2) is 0 Å². The molecule has 0 fully saturated rings. The quantitative estimate of drug-likeness (QED) is 0.348. The lowest BCUT2D eigenvalue weighted by Gasteiger charge is -2.20. The van der Waals surface area contributed by atoms with Crippen molar-refractivity contribution >= 4 is 21.5 Å². The standard InChI is InChI=1S/C25H20F2/c26-19-10-12-25(27)18(14-19)13-17-15-24-20-6-2-1-5-16(20)9-11-23(24)22-8-4-3-7-21(17)22/h3-4,7-12,14-15H,1-2,5-6,13H2. The molecule has 0 saturated carbocycles. The highest BCUT2D eigenvalue weighted by molar-refractivity contribution is 6.10. The molecule has 4 aromatic rings. The molecule has 0 unspecified atom stereocenters. The van der Waals surface area contributed by atoms with E-state index in [1.165, 1.54) is 58.3 Å². The third kappa shape index (κ3) is 2.80. The Morgan fingerprint density at radius 2 is 1.44 bits per heavy atom. The summed E-state index contributed by atoms with van der Waals surface area (Å²) in [6.45, 7) is 0. The van der Waals surface area contributed by atoms with E-state index in [1.54, 1.807) is 0 Å². The highest BCUT2D eigenvalue weighted by atomic mass is 19.1. The van der Waals surface area contributed by atoms with Gasteiger partial charge in [-0.15, -0.1) is 0 Å². The number of aryl methyl sites for hydroxylation is 2. The predicted octanol–water partition coefficient (Wildman–Crippen LogP) is 6.74. The van der Waals surface area contributed by atoms with Crippen LogP contribution in [-0.4, -0.2) is 0 Å². The molecule has 0 radical (unpaired) electrons. The first-order valence-corrected chi connectivity index (χ1v) is 9.60. The van der Waals surface area contributed by atoms with Crippen LogP contribution in [0.25, 0.3) is 21.5 Å². The number of fused-ring (bicyclic) bond motifs is 5. The first-order valence-electron chi connectivity index (χ1n) is 9.60. The summed E-state index contributed by atoms with van der Waals surface area (Å²) in [7, 11) is 0. The van der Waals surface area contributed by atoms with Crippen molar-refractivity contribution in [1.29, 1.82) is 0 Å². The lowest BCUT2D eigenvalue weighted by molar-refractivity contribution is 0.589. The van der Waals surface area contributed by atoms with E-state index in [0.29, 0.717) is 12.0 Å².